The van der Waals surface area contributed by atoms with Gasteiger partial charge < -0.3 is 18.8 Å². The standard InChI is InChI=1S/C23H34NO4P/c1-16(2)21(17-12-10-9-11-13-17)24-29(25,23(3,4)5)18-14-19(26-6)22(28-8)20(15-18)27-7/h9-16,21H,1-8H3,(H,24,25)/t21-,29?/m0/s1. The molecule has 0 saturated heterocycles. The van der Waals surface area contributed by atoms with Crippen LogP contribution in [0.15, 0.2) is 42.5 Å². The topological polar surface area (TPSA) is 56.8 Å². The van der Waals surface area contributed by atoms with Crippen LogP contribution in [0.2, 0.25) is 0 Å². The molecule has 0 bridgehead atoms. The fourth-order valence-corrected chi connectivity index (χ4v) is 6.12. The second kappa shape index (κ2) is 9.23. The highest BCUT2D eigenvalue weighted by Gasteiger charge is 2.41. The maximum absolute atomic E-state index is 14.6. The second-order valence-electron chi connectivity index (χ2n) is 8.43. The number of methoxy groups -OCH3 is 3. The Morgan fingerprint density at radius 3 is 1.79 bits per heavy atom. The largest absolute Gasteiger partial charge is 0.493 e. The molecule has 0 spiro atoms. The number of rotatable bonds is 8. The van der Waals surface area contributed by atoms with Crippen LogP contribution in [0.1, 0.15) is 46.2 Å². The van der Waals surface area contributed by atoms with Crippen molar-refractivity contribution < 1.29 is 18.8 Å². The van der Waals surface area contributed by atoms with E-state index in [9.17, 15) is 4.57 Å². The van der Waals surface area contributed by atoms with E-state index in [1.807, 2.05) is 39.0 Å². The minimum absolute atomic E-state index is 0.0691. The van der Waals surface area contributed by atoms with Crippen molar-refractivity contribution in [1.29, 1.82) is 0 Å². The van der Waals surface area contributed by atoms with Gasteiger partial charge in [0.25, 0.3) is 0 Å². The predicted molar refractivity (Wildman–Crippen MR) is 120 cm³/mol. The van der Waals surface area contributed by atoms with Crippen LogP contribution in [0.3, 0.4) is 0 Å². The van der Waals surface area contributed by atoms with E-state index in [-0.39, 0.29) is 12.0 Å². The normalized spacial score (nSPS) is 14.9. The quantitative estimate of drug-likeness (QED) is 0.581. The molecule has 0 amide bonds. The van der Waals surface area contributed by atoms with Gasteiger partial charge in [-0.05, 0) is 23.6 Å². The summed E-state index contributed by atoms with van der Waals surface area (Å²) < 4.78 is 31.1. The Kier molecular flexibility index (Phi) is 7.42. The van der Waals surface area contributed by atoms with Crippen LogP contribution in [0.5, 0.6) is 17.2 Å². The molecule has 0 aliphatic carbocycles. The first kappa shape index (κ1) is 23.3. The van der Waals surface area contributed by atoms with Crippen molar-refractivity contribution in [1.82, 2.24) is 5.09 Å². The molecule has 2 aromatic carbocycles. The Hall–Kier alpha value is -1.97. The maximum atomic E-state index is 14.6. The summed E-state index contributed by atoms with van der Waals surface area (Å²) in [4.78, 5) is 0. The molecule has 160 valence electrons. The minimum Gasteiger partial charge on any atom is -0.493 e. The van der Waals surface area contributed by atoms with Crippen LogP contribution in [0, 0.1) is 5.92 Å². The first-order valence-electron chi connectivity index (χ1n) is 9.82. The van der Waals surface area contributed by atoms with E-state index in [1.165, 1.54) is 0 Å². The highest BCUT2D eigenvalue weighted by molar-refractivity contribution is 7.71. The Labute approximate surface area is 175 Å². The lowest BCUT2D eigenvalue weighted by Crippen LogP contribution is -2.36. The van der Waals surface area contributed by atoms with Gasteiger partial charge in [-0.1, -0.05) is 65.0 Å². The van der Waals surface area contributed by atoms with E-state index >= 15 is 0 Å². The third kappa shape index (κ3) is 4.79. The molecule has 0 radical (unpaired) electrons. The van der Waals surface area contributed by atoms with Crippen molar-refractivity contribution in [3.8, 4) is 17.2 Å². The molecule has 5 nitrogen and oxygen atoms in total. The molecular weight excluding hydrogens is 385 g/mol. The van der Waals surface area contributed by atoms with Gasteiger partial charge in [-0.25, -0.2) is 0 Å². The molecular formula is C23H34NO4P. The van der Waals surface area contributed by atoms with Crippen LogP contribution in [-0.2, 0) is 4.57 Å². The lowest BCUT2D eigenvalue weighted by Gasteiger charge is -2.37. The summed E-state index contributed by atoms with van der Waals surface area (Å²) in [6.07, 6.45) is 0. The van der Waals surface area contributed by atoms with Gasteiger partial charge >= 0.3 is 0 Å². The van der Waals surface area contributed by atoms with Crippen molar-refractivity contribution >= 4 is 12.6 Å². The Bertz CT molecular complexity index is 834. The van der Waals surface area contributed by atoms with Gasteiger partial charge in [-0.2, -0.15) is 0 Å². The highest BCUT2D eigenvalue weighted by atomic mass is 31.2. The maximum Gasteiger partial charge on any atom is 0.203 e. The number of hydrogen-bond acceptors (Lipinski definition) is 4. The summed E-state index contributed by atoms with van der Waals surface area (Å²) in [5.74, 6) is 1.72. The van der Waals surface area contributed by atoms with Crippen LogP contribution in [-0.4, -0.2) is 26.5 Å². The molecule has 0 aliphatic heterocycles. The number of nitrogens with one attached hydrogen (secondary N) is 1. The van der Waals surface area contributed by atoms with E-state index < -0.39 is 12.4 Å². The molecule has 2 rings (SSSR count). The van der Waals surface area contributed by atoms with Gasteiger partial charge in [0, 0.05) is 16.5 Å². The Morgan fingerprint density at radius 2 is 1.41 bits per heavy atom. The minimum atomic E-state index is -3.11. The van der Waals surface area contributed by atoms with Gasteiger partial charge in [0.15, 0.2) is 18.8 Å². The molecule has 2 atom stereocenters. The van der Waals surface area contributed by atoms with E-state index in [4.69, 9.17) is 14.2 Å². The lowest BCUT2D eigenvalue weighted by atomic mass is 9.97. The van der Waals surface area contributed by atoms with Gasteiger partial charge in [-0.3, -0.25) is 5.09 Å². The van der Waals surface area contributed by atoms with Crippen LogP contribution >= 0.6 is 7.29 Å². The number of hydrogen-bond donors (Lipinski definition) is 1. The van der Waals surface area contributed by atoms with Crippen LogP contribution < -0.4 is 24.6 Å². The first-order chi connectivity index (χ1) is 13.6. The molecule has 0 aliphatic rings. The molecule has 2 aromatic rings. The highest BCUT2D eigenvalue weighted by Crippen LogP contribution is 2.57. The monoisotopic (exact) mass is 419 g/mol. The number of ether oxygens (including phenoxy) is 3. The summed E-state index contributed by atoms with van der Waals surface area (Å²) in [7, 11) is 1.59. The van der Waals surface area contributed by atoms with E-state index in [2.05, 4.69) is 31.1 Å². The Morgan fingerprint density at radius 1 is 0.897 bits per heavy atom. The fraction of sp³-hybridized carbons (Fsp3) is 0.478. The summed E-state index contributed by atoms with van der Waals surface area (Å²) in [5, 5.41) is 3.67. The molecule has 0 saturated carbocycles. The van der Waals surface area contributed by atoms with Gasteiger partial charge in [0.2, 0.25) is 5.75 Å². The fourth-order valence-electron chi connectivity index (χ4n) is 3.37. The van der Waals surface area contributed by atoms with Gasteiger partial charge in [0.1, 0.15) is 0 Å². The molecule has 1 N–H and O–H groups in total. The van der Waals surface area contributed by atoms with Crippen molar-refractivity contribution in [3.63, 3.8) is 0 Å². The van der Waals surface area contributed by atoms with Crippen molar-refractivity contribution in [2.75, 3.05) is 21.3 Å². The number of benzene rings is 2. The summed E-state index contributed by atoms with van der Waals surface area (Å²) in [6, 6.07) is 13.7. The third-order valence-corrected chi connectivity index (χ3v) is 8.62. The molecule has 0 heterocycles. The zero-order valence-corrected chi connectivity index (χ0v) is 19.7. The van der Waals surface area contributed by atoms with E-state index in [0.29, 0.717) is 22.6 Å². The molecule has 1 unspecified atom stereocenters. The second-order valence-corrected chi connectivity index (χ2v) is 11.8. The van der Waals surface area contributed by atoms with Crippen LogP contribution in [0.4, 0.5) is 0 Å². The molecule has 6 heteroatoms. The first-order valence-corrected chi connectivity index (χ1v) is 11.5. The zero-order chi connectivity index (χ0) is 21.8. The van der Waals surface area contributed by atoms with Crippen molar-refractivity contribution in [2.45, 2.75) is 45.8 Å². The SMILES string of the molecule is COc1cc(P(=O)(N[C@H](c2ccccc2)C(C)C)C(C)(C)C)cc(OC)c1OC. The smallest absolute Gasteiger partial charge is 0.203 e. The van der Waals surface area contributed by atoms with Crippen molar-refractivity contribution in [2.24, 2.45) is 5.92 Å². The third-order valence-electron chi connectivity index (χ3n) is 5.10. The zero-order valence-electron chi connectivity index (χ0n) is 18.8. The summed E-state index contributed by atoms with van der Waals surface area (Å²) >= 11 is 0. The van der Waals surface area contributed by atoms with Gasteiger partial charge in [0.05, 0.1) is 21.3 Å². The van der Waals surface area contributed by atoms with Gasteiger partial charge in [-0.15, -0.1) is 0 Å². The predicted octanol–water partition coefficient (Wildman–Crippen LogP) is 5.40. The van der Waals surface area contributed by atoms with Crippen LogP contribution in [0.25, 0.3) is 0 Å². The van der Waals surface area contributed by atoms with E-state index in [1.54, 1.807) is 33.5 Å². The average Bonchev–Trinajstić information content (AvgIpc) is 2.70. The Balaban J connectivity index is 2.66. The molecule has 0 fully saturated rings. The summed E-state index contributed by atoms with van der Waals surface area (Å²) in [6.45, 7) is 10.2. The molecule has 0 aromatic heterocycles. The van der Waals surface area contributed by atoms with Crippen molar-refractivity contribution in [3.05, 3.63) is 48.0 Å². The van der Waals surface area contributed by atoms with E-state index in [0.717, 1.165) is 5.56 Å². The molecule has 29 heavy (non-hydrogen) atoms. The lowest BCUT2D eigenvalue weighted by molar-refractivity contribution is 0.325. The summed E-state index contributed by atoms with van der Waals surface area (Å²) in [5.41, 5.74) is 1.11. The average molecular weight is 420 g/mol.